The van der Waals surface area contributed by atoms with Crippen LogP contribution in [0.1, 0.15) is 0 Å². The molecule has 0 bridgehead atoms. The molecule has 4 nitrogen and oxygen atoms in total. The van der Waals surface area contributed by atoms with Gasteiger partial charge in [0.05, 0.1) is 11.4 Å². The highest BCUT2D eigenvalue weighted by molar-refractivity contribution is 7.99. The van der Waals surface area contributed by atoms with Crippen molar-refractivity contribution in [3.05, 3.63) is 48.5 Å². The second-order valence-corrected chi connectivity index (χ2v) is 5.06. The van der Waals surface area contributed by atoms with E-state index in [4.69, 9.17) is 14.4 Å². The summed E-state index contributed by atoms with van der Waals surface area (Å²) >= 11 is 1.82. The van der Waals surface area contributed by atoms with E-state index in [1.54, 1.807) is 0 Å². The highest BCUT2D eigenvalue weighted by Gasteiger charge is 2.13. The van der Waals surface area contributed by atoms with Gasteiger partial charge in [-0.1, -0.05) is 36.0 Å². The van der Waals surface area contributed by atoms with E-state index in [1.807, 2.05) is 11.8 Å². The van der Waals surface area contributed by atoms with E-state index >= 15 is 0 Å². The lowest BCUT2D eigenvalue weighted by Crippen LogP contribution is -1.98. The summed E-state index contributed by atoms with van der Waals surface area (Å²) in [6, 6.07) is 16.8. The lowest BCUT2D eigenvalue weighted by atomic mass is 10.2. The molecule has 92 valence electrons. The van der Waals surface area contributed by atoms with Crippen molar-refractivity contribution in [3.63, 3.8) is 0 Å². The second-order valence-electron chi connectivity index (χ2n) is 3.47. The van der Waals surface area contributed by atoms with Crippen LogP contribution >= 0.6 is 20.0 Å². The zero-order valence-electron chi connectivity index (χ0n) is 9.28. The number of nitrogens with one attached hydrogen (secondary N) is 1. The molecule has 0 spiro atoms. The molecule has 6 heteroatoms. The average molecular weight is 280 g/mol. The maximum Gasteiger partial charge on any atom is 0.692 e. The molecule has 2 aromatic rings. The first-order valence-electron chi connectivity index (χ1n) is 5.15. The van der Waals surface area contributed by atoms with Gasteiger partial charge < -0.3 is 5.32 Å². The van der Waals surface area contributed by atoms with Gasteiger partial charge in [0.25, 0.3) is 0 Å². The van der Waals surface area contributed by atoms with Crippen molar-refractivity contribution in [3.8, 4) is 0 Å². The highest BCUT2D eigenvalue weighted by atomic mass is 32.2. The number of rotatable bonds is 0. The normalized spacial score (nSPS) is 11.2. The van der Waals surface area contributed by atoms with Gasteiger partial charge in [-0.25, -0.2) is 0 Å². The molecule has 0 aliphatic carbocycles. The van der Waals surface area contributed by atoms with E-state index in [0.29, 0.717) is 0 Å². The summed E-state index contributed by atoms with van der Waals surface area (Å²) in [6.07, 6.45) is 0. The summed E-state index contributed by atoms with van der Waals surface area (Å²) in [5.74, 6) is 0. The molecule has 1 aliphatic heterocycles. The van der Waals surface area contributed by atoms with Crippen LogP contribution in [-0.2, 0) is 4.57 Å². The first kappa shape index (κ1) is 13.1. The molecule has 0 atom stereocenters. The Labute approximate surface area is 110 Å². The lowest BCUT2D eigenvalue weighted by molar-refractivity contribution is 0.405. The van der Waals surface area contributed by atoms with Crippen LogP contribution in [0.25, 0.3) is 0 Å². The van der Waals surface area contributed by atoms with Gasteiger partial charge in [0, 0.05) is 14.4 Å². The Balaban J connectivity index is 0.000000267. The van der Waals surface area contributed by atoms with Crippen molar-refractivity contribution in [2.75, 3.05) is 5.32 Å². The molecular formula is C12H11NO3PS+. The fraction of sp³-hybridized carbons (Fsp3) is 0. The molecule has 0 amide bonds. The van der Waals surface area contributed by atoms with Crippen molar-refractivity contribution in [1.29, 1.82) is 0 Å². The molecule has 1 heterocycles. The molecule has 1 aliphatic rings. The Kier molecular flexibility index (Phi) is 4.33. The molecule has 2 aromatic carbocycles. The van der Waals surface area contributed by atoms with Gasteiger partial charge in [0.1, 0.15) is 0 Å². The molecule has 3 N–H and O–H groups in total. The van der Waals surface area contributed by atoms with E-state index in [0.717, 1.165) is 0 Å². The summed E-state index contributed by atoms with van der Waals surface area (Å²) in [5, 5.41) is 3.42. The molecule has 0 aromatic heterocycles. The number of para-hydroxylation sites is 2. The van der Waals surface area contributed by atoms with Crippen LogP contribution in [0.15, 0.2) is 58.3 Å². The molecule has 0 saturated heterocycles. The van der Waals surface area contributed by atoms with Gasteiger partial charge in [0.15, 0.2) is 0 Å². The van der Waals surface area contributed by atoms with Crippen LogP contribution in [0.5, 0.6) is 0 Å². The van der Waals surface area contributed by atoms with Crippen LogP contribution in [-0.4, -0.2) is 9.79 Å². The molecule has 0 radical (unpaired) electrons. The molecule has 18 heavy (non-hydrogen) atoms. The predicted octanol–water partition coefficient (Wildman–Crippen LogP) is 3.52. The Bertz CT molecular complexity index is 485. The summed E-state index contributed by atoms with van der Waals surface area (Å²) in [7, 11) is -2.87. The minimum Gasteiger partial charge on any atom is -0.354 e. The number of benzene rings is 2. The van der Waals surface area contributed by atoms with Gasteiger partial charge >= 0.3 is 8.25 Å². The van der Waals surface area contributed by atoms with Crippen LogP contribution < -0.4 is 5.32 Å². The third-order valence-electron chi connectivity index (χ3n) is 2.26. The number of fused-ring (bicyclic) bond motifs is 2. The highest BCUT2D eigenvalue weighted by Crippen LogP contribution is 2.43. The van der Waals surface area contributed by atoms with E-state index in [1.165, 1.54) is 21.2 Å². The summed E-state index contributed by atoms with van der Waals surface area (Å²) in [6.45, 7) is 0. The van der Waals surface area contributed by atoms with Gasteiger partial charge in [-0.2, -0.15) is 0 Å². The van der Waals surface area contributed by atoms with Gasteiger partial charge in [-0.15, -0.1) is 9.79 Å². The van der Waals surface area contributed by atoms with Crippen molar-refractivity contribution < 1.29 is 14.4 Å². The van der Waals surface area contributed by atoms with E-state index < -0.39 is 8.25 Å². The standard InChI is InChI=1S/C12H9NS.HO3P/c1-3-7-11-9(5-1)13-10-6-2-4-8-12(10)14-11;1-4(2)3/h1-8,13H;(H-,1,2,3)/p+1. The maximum atomic E-state index is 8.70. The quantitative estimate of drug-likeness (QED) is 0.550. The van der Waals surface area contributed by atoms with Crippen molar-refractivity contribution in [2.24, 2.45) is 0 Å². The first-order chi connectivity index (χ1) is 8.66. The summed E-state index contributed by atoms with van der Waals surface area (Å²) < 4.78 is 8.70. The van der Waals surface area contributed by atoms with Gasteiger partial charge in [-0.3, -0.25) is 0 Å². The Morgan fingerprint density at radius 1 is 0.889 bits per heavy atom. The zero-order valence-corrected chi connectivity index (χ0v) is 11.0. The Morgan fingerprint density at radius 2 is 1.28 bits per heavy atom. The average Bonchev–Trinajstić information content (AvgIpc) is 2.35. The van der Waals surface area contributed by atoms with Crippen LogP contribution in [0.4, 0.5) is 11.4 Å². The molecule has 0 fully saturated rings. The predicted molar refractivity (Wildman–Crippen MR) is 72.3 cm³/mol. The zero-order chi connectivity index (χ0) is 13.0. The van der Waals surface area contributed by atoms with Crippen molar-refractivity contribution >= 4 is 31.4 Å². The minimum absolute atomic E-state index is 1.20. The SMILES string of the molecule is O=[P+](O)O.c1ccc2c(c1)Nc1ccccc1S2. The smallest absolute Gasteiger partial charge is 0.354 e. The van der Waals surface area contributed by atoms with E-state index in [-0.39, 0.29) is 0 Å². The second kappa shape index (κ2) is 5.98. The molecule has 0 unspecified atom stereocenters. The minimum atomic E-state index is -2.87. The summed E-state index contributed by atoms with van der Waals surface area (Å²) in [5.41, 5.74) is 2.41. The lowest BCUT2D eigenvalue weighted by Gasteiger charge is -2.19. The molecule has 0 saturated carbocycles. The number of anilines is 2. The van der Waals surface area contributed by atoms with Crippen LogP contribution in [0.3, 0.4) is 0 Å². The van der Waals surface area contributed by atoms with Gasteiger partial charge in [0.2, 0.25) is 0 Å². The topological polar surface area (TPSA) is 69.6 Å². The number of hydrogen-bond acceptors (Lipinski definition) is 3. The number of hydrogen-bond donors (Lipinski definition) is 3. The molecular weight excluding hydrogens is 269 g/mol. The Morgan fingerprint density at radius 3 is 1.72 bits per heavy atom. The monoisotopic (exact) mass is 280 g/mol. The summed E-state index contributed by atoms with van der Waals surface area (Å²) in [4.78, 5) is 16.8. The van der Waals surface area contributed by atoms with E-state index in [2.05, 4.69) is 53.8 Å². The molecule has 3 rings (SSSR count). The first-order valence-corrected chi connectivity index (χ1v) is 7.13. The van der Waals surface area contributed by atoms with Crippen LogP contribution in [0, 0.1) is 0 Å². The largest absolute Gasteiger partial charge is 0.692 e. The Hall–Kier alpha value is -1.39. The van der Waals surface area contributed by atoms with Crippen molar-refractivity contribution in [2.45, 2.75) is 9.79 Å². The fourth-order valence-electron chi connectivity index (χ4n) is 1.58. The van der Waals surface area contributed by atoms with E-state index in [9.17, 15) is 0 Å². The van der Waals surface area contributed by atoms with Gasteiger partial charge in [-0.05, 0) is 24.3 Å². The van der Waals surface area contributed by atoms with Crippen molar-refractivity contribution in [1.82, 2.24) is 0 Å². The third kappa shape index (κ3) is 3.31. The maximum absolute atomic E-state index is 8.70. The third-order valence-corrected chi connectivity index (χ3v) is 3.42. The fourth-order valence-corrected chi connectivity index (χ4v) is 2.57. The van der Waals surface area contributed by atoms with Crippen LogP contribution in [0.2, 0.25) is 0 Å².